The molecule has 3 nitrogen and oxygen atoms in total. The molecule has 0 fully saturated rings. The lowest BCUT2D eigenvalue weighted by Gasteiger charge is -2.11. The van der Waals surface area contributed by atoms with Crippen molar-refractivity contribution >= 4 is 22.4 Å². The van der Waals surface area contributed by atoms with Crippen LogP contribution in [-0.2, 0) is 17.5 Å². The van der Waals surface area contributed by atoms with Gasteiger partial charge in [0.1, 0.15) is 0 Å². The van der Waals surface area contributed by atoms with Crippen LogP contribution in [0.15, 0.2) is 61.3 Å². The van der Waals surface area contributed by atoms with Crippen LogP contribution in [0.4, 0.5) is 13.2 Å². The fourth-order valence-electron chi connectivity index (χ4n) is 2.69. The van der Waals surface area contributed by atoms with Crippen LogP contribution in [0.5, 0.6) is 0 Å². The summed E-state index contributed by atoms with van der Waals surface area (Å²) >= 11 is 0. The highest BCUT2D eigenvalue weighted by atomic mass is 19.4. The standard InChI is InChI=1S/C19H15F3N2O/c1-12(18(23)25)15-6-5-14-7-8-24(17(14)10-15)11-13-3-2-4-16(9-13)19(20,21)22/h2-10H,1,11H2,(H2,23,25). The van der Waals surface area contributed by atoms with E-state index in [2.05, 4.69) is 6.58 Å². The Hall–Kier alpha value is -3.02. The molecule has 25 heavy (non-hydrogen) atoms. The van der Waals surface area contributed by atoms with Gasteiger partial charge in [0, 0.05) is 23.8 Å². The number of nitrogens with zero attached hydrogens (tertiary/aromatic N) is 1. The third-order valence-corrected chi connectivity index (χ3v) is 4.03. The van der Waals surface area contributed by atoms with Crippen molar-refractivity contribution in [3.05, 3.63) is 78.0 Å². The summed E-state index contributed by atoms with van der Waals surface area (Å²) in [6.07, 6.45) is -2.58. The average Bonchev–Trinajstić information content (AvgIpc) is 2.96. The number of hydrogen-bond acceptors (Lipinski definition) is 1. The zero-order valence-corrected chi connectivity index (χ0v) is 13.2. The molecule has 3 aromatic rings. The van der Waals surface area contributed by atoms with Crippen molar-refractivity contribution in [2.24, 2.45) is 5.73 Å². The Morgan fingerprint density at radius 1 is 1.12 bits per heavy atom. The van der Waals surface area contributed by atoms with Gasteiger partial charge in [0.2, 0.25) is 5.91 Å². The van der Waals surface area contributed by atoms with E-state index in [9.17, 15) is 18.0 Å². The van der Waals surface area contributed by atoms with Crippen LogP contribution in [0.1, 0.15) is 16.7 Å². The number of alkyl halides is 3. The maximum Gasteiger partial charge on any atom is 0.416 e. The van der Waals surface area contributed by atoms with Gasteiger partial charge < -0.3 is 10.3 Å². The molecule has 2 aromatic carbocycles. The Labute approximate surface area is 142 Å². The molecule has 2 N–H and O–H groups in total. The zero-order valence-electron chi connectivity index (χ0n) is 13.2. The summed E-state index contributed by atoms with van der Waals surface area (Å²) < 4.78 is 40.4. The van der Waals surface area contributed by atoms with E-state index in [4.69, 9.17) is 5.73 Å². The summed E-state index contributed by atoms with van der Waals surface area (Å²) in [7, 11) is 0. The number of aromatic nitrogens is 1. The fraction of sp³-hybridized carbons (Fsp3) is 0.105. The van der Waals surface area contributed by atoms with Crippen molar-refractivity contribution in [3.63, 3.8) is 0 Å². The zero-order chi connectivity index (χ0) is 18.2. The summed E-state index contributed by atoms with van der Waals surface area (Å²) in [6, 6.07) is 12.4. The average molecular weight is 344 g/mol. The number of rotatable bonds is 4. The Bertz CT molecular complexity index is 970. The van der Waals surface area contributed by atoms with Crippen LogP contribution in [-0.4, -0.2) is 10.5 Å². The quantitative estimate of drug-likeness (QED) is 0.708. The highest BCUT2D eigenvalue weighted by molar-refractivity contribution is 6.18. The molecule has 1 amide bonds. The smallest absolute Gasteiger partial charge is 0.366 e. The second kappa shape index (κ2) is 6.12. The molecular weight excluding hydrogens is 329 g/mol. The first kappa shape index (κ1) is 16.8. The van der Waals surface area contributed by atoms with E-state index in [-0.39, 0.29) is 12.1 Å². The normalized spacial score (nSPS) is 11.6. The van der Waals surface area contributed by atoms with Gasteiger partial charge in [-0.15, -0.1) is 0 Å². The number of carbonyl (C=O) groups is 1. The van der Waals surface area contributed by atoms with Crippen molar-refractivity contribution in [1.82, 2.24) is 4.57 Å². The van der Waals surface area contributed by atoms with Gasteiger partial charge in [-0.05, 0) is 40.8 Å². The lowest BCUT2D eigenvalue weighted by atomic mass is 10.1. The number of benzene rings is 2. The molecule has 0 aliphatic heterocycles. The molecule has 0 radical (unpaired) electrons. The Kier molecular flexibility index (Phi) is 4.12. The highest BCUT2D eigenvalue weighted by Crippen LogP contribution is 2.30. The lowest BCUT2D eigenvalue weighted by Crippen LogP contribution is -2.12. The summed E-state index contributed by atoms with van der Waals surface area (Å²) in [6.45, 7) is 3.94. The van der Waals surface area contributed by atoms with Gasteiger partial charge in [-0.2, -0.15) is 13.2 Å². The van der Waals surface area contributed by atoms with Crippen LogP contribution >= 0.6 is 0 Å². The minimum Gasteiger partial charge on any atom is -0.366 e. The van der Waals surface area contributed by atoms with Gasteiger partial charge in [-0.25, -0.2) is 0 Å². The van der Waals surface area contributed by atoms with Crippen LogP contribution in [0.25, 0.3) is 16.5 Å². The third kappa shape index (κ3) is 3.42. The van der Waals surface area contributed by atoms with E-state index in [0.29, 0.717) is 11.1 Å². The molecular formula is C19H15F3N2O. The first-order chi connectivity index (χ1) is 11.8. The number of amides is 1. The minimum atomic E-state index is -4.37. The number of fused-ring (bicyclic) bond motifs is 1. The number of primary amides is 1. The monoisotopic (exact) mass is 344 g/mol. The molecule has 128 valence electrons. The largest absolute Gasteiger partial charge is 0.416 e. The summed E-state index contributed by atoms with van der Waals surface area (Å²) in [5, 5.41) is 0.910. The first-order valence-electron chi connectivity index (χ1n) is 7.50. The number of carbonyl (C=O) groups excluding carboxylic acids is 1. The molecule has 1 heterocycles. The molecule has 0 atom stereocenters. The third-order valence-electron chi connectivity index (χ3n) is 4.03. The van der Waals surface area contributed by atoms with Crippen LogP contribution in [0.3, 0.4) is 0 Å². The van der Waals surface area contributed by atoms with E-state index >= 15 is 0 Å². The van der Waals surface area contributed by atoms with E-state index in [1.165, 1.54) is 6.07 Å². The van der Waals surface area contributed by atoms with Crippen molar-refractivity contribution in [3.8, 4) is 0 Å². The van der Waals surface area contributed by atoms with E-state index in [1.54, 1.807) is 24.4 Å². The molecule has 3 rings (SSSR count). The highest BCUT2D eigenvalue weighted by Gasteiger charge is 2.30. The predicted molar refractivity (Wildman–Crippen MR) is 90.7 cm³/mol. The van der Waals surface area contributed by atoms with Gasteiger partial charge in [-0.3, -0.25) is 4.79 Å². The Morgan fingerprint density at radius 2 is 1.88 bits per heavy atom. The SMILES string of the molecule is C=C(C(N)=O)c1ccc2ccn(Cc3cccc(C(F)(F)F)c3)c2c1. The maximum atomic E-state index is 12.9. The van der Waals surface area contributed by atoms with Crippen molar-refractivity contribution in [1.29, 1.82) is 0 Å². The van der Waals surface area contributed by atoms with Crippen LogP contribution in [0, 0.1) is 0 Å². The molecule has 6 heteroatoms. The summed E-state index contributed by atoms with van der Waals surface area (Å²) in [5.74, 6) is -0.615. The van der Waals surface area contributed by atoms with Gasteiger partial charge in [0.05, 0.1) is 5.56 Å². The number of hydrogen-bond donors (Lipinski definition) is 1. The first-order valence-corrected chi connectivity index (χ1v) is 7.50. The van der Waals surface area contributed by atoms with Crippen molar-refractivity contribution < 1.29 is 18.0 Å². The molecule has 0 aliphatic carbocycles. The topological polar surface area (TPSA) is 48.0 Å². The number of nitrogens with two attached hydrogens (primary N) is 1. The summed E-state index contributed by atoms with van der Waals surface area (Å²) in [4.78, 5) is 11.3. The van der Waals surface area contributed by atoms with E-state index in [0.717, 1.165) is 23.0 Å². The Balaban J connectivity index is 1.98. The minimum absolute atomic E-state index is 0.189. The van der Waals surface area contributed by atoms with Crippen LogP contribution < -0.4 is 5.73 Å². The summed E-state index contributed by atoms with van der Waals surface area (Å²) in [5.41, 5.74) is 6.68. The van der Waals surface area contributed by atoms with Gasteiger partial charge in [0.15, 0.2) is 0 Å². The maximum absolute atomic E-state index is 12.9. The van der Waals surface area contributed by atoms with Gasteiger partial charge >= 0.3 is 6.18 Å². The second-order valence-corrected chi connectivity index (χ2v) is 5.76. The van der Waals surface area contributed by atoms with Crippen molar-refractivity contribution in [2.75, 3.05) is 0 Å². The molecule has 1 aromatic heterocycles. The lowest BCUT2D eigenvalue weighted by molar-refractivity contribution is -0.137. The number of halogens is 3. The van der Waals surface area contributed by atoms with Gasteiger partial charge in [0.25, 0.3) is 0 Å². The van der Waals surface area contributed by atoms with Crippen LogP contribution in [0.2, 0.25) is 0 Å². The van der Waals surface area contributed by atoms with Crippen molar-refractivity contribution in [2.45, 2.75) is 12.7 Å². The molecule has 0 unspecified atom stereocenters. The van der Waals surface area contributed by atoms with E-state index in [1.807, 2.05) is 16.7 Å². The molecule has 0 saturated heterocycles. The van der Waals surface area contributed by atoms with E-state index < -0.39 is 17.6 Å². The molecule has 0 saturated carbocycles. The molecule has 0 aliphatic rings. The predicted octanol–water partition coefficient (Wildman–Crippen LogP) is 4.21. The second-order valence-electron chi connectivity index (χ2n) is 5.76. The molecule has 0 spiro atoms. The molecule has 0 bridgehead atoms. The van der Waals surface area contributed by atoms with Gasteiger partial charge in [-0.1, -0.05) is 30.8 Å². The Morgan fingerprint density at radius 3 is 2.56 bits per heavy atom. The fourth-order valence-corrected chi connectivity index (χ4v) is 2.69.